The highest BCUT2D eigenvalue weighted by atomic mass is 79.9. The largest absolute Gasteiger partial charge is 0.357 e. The van der Waals surface area contributed by atoms with E-state index in [4.69, 9.17) is 0 Å². The molecule has 3 rings (SSSR count). The van der Waals surface area contributed by atoms with Crippen LogP contribution in [0.2, 0.25) is 0 Å². The van der Waals surface area contributed by atoms with E-state index in [1.165, 1.54) is 0 Å². The molecule has 0 atom stereocenters. The van der Waals surface area contributed by atoms with Gasteiger partial charge in [-0.15, -0.1) is 0 Å². The van der Waals surface area contributed by atoms with Crippen LogP contribution in [0, 0.1) is 0 Å². The van der Waals surface area contributed by atoms with Crippen LogP contribution in [0.1, 0.15) is 0 Å². The van der Waals surface area contributed by atoms with Crippen molar-refractivity contribution in [2.24, 2.45) is 0 Å². The molecule has 0 aliphatic heterocycles. The molecule has 3 aromatic rings. The molecule has 0 amide bonds. The van der Waals surface area contributed by atoms with Gasteiger partial charge in [0.05, 0.1) is 15.7 Å². The number of anilines is 3. The Balaban J connectivity index is 2.05. The minimum absolute atomic E-state index is 0.559. The Hall–Kier alpha value is -2.21. The Morgan fingerprint density at radius 1 is 1.10 bits per heavy atom. The highest BCUT2D eigenvalue weighted by molar-refractivity contribution is 9.10. The summed E-state index contributed by atoms with van der Waals surface area (Å²) in [7, 11) is 1.78. The first kappa shape index (κ1) is 12.8. The Labute approximate surface area is 124 Å². The molecule has 0 saturated heterocycles. The SMILES string of the molecule is CNc1ncc(Br)c(Nc2cccc3cccnc23)n1. The second-order valence-electron chi connectivity index (χ2n) is 4.15. The van der Waals surface area contributed by atoms with Gasteiger partial charge in [-0.05, 0) is 28.1 Å². The maximum absolute atomic E-state index is 4.41. The number of fused-ring (bicyclic) bond motifs is 1. The van der Waals surface area contributed by atoms with Crippen LogP contribution in [0.3, 0.4) is 0 Å². The van der Waals surface area contributed by atoms with E-state index in [0.717, 1.165) is 21.1 Å². The number of pyridine rings is 1. The molecule has 0 fully saturated rings. The number of rotatable bonds is 3. The van der Waals surface area contributed by atoms with Crippen LogP contribution in [-0.2, 0) is 0 Å². The van der Waals surface area contributed by atoms with Crippen molar-refractivity contribution in [3.8, 4) is 0 Å². The number of aromatic nitrogens is 3. The van der Waals surface area contributed by atoms with Crippen LogP contribution in [0.15, 0.2) is 47.2 Å². The molecule has 2 aromatic heterocycles. The van der Waals surface area contributed by atoms with Gasteiger partial charge in [0.2, 0.25) is 5.95 Å². The summed E-state index contributed by atoms with van der Waals surface area (Å²) in [5, 5.41) is 7.29. The lowest BCUT2D eigenvalue weighted by molar-refractivity contribution is 1.14. The van der Waals surface area contributed by atoms with E-state index >= 15 is 0 Å². The van der Waals surface area contributed by atoms with Gasteiger partial charge in [0.1, 0.15) is 5.82 Å². The highest BCUT2D eigenvalue weighted by Crippen LogP contribution is 2.27. The zero-order valence-corrected chi connectivity index (χ0v) is 12.3. The average molecular weight is 330 g/mol. The van der Waals surface area contributed by atoms with Crippen molar-refractivity contribution in [1.82, 2.24) is 15.0 Å². The maximum Gasteiger partial charge on any atom is 0.224 e. The molecule has 0 unspecified atom stereocenters. The number of halogens is 1. The van der Waals surface area contributed by atoms with Crippen LogP contribution >= 0.6 is 15.9 Å². The Morgan fingerprint density at radius 2 is 1.95 bits per heavy atom. The van der Waals surface area contributed by atoms with Crippen molar-refractivity contribution in [3.63, 3.8) is 0 Å². The summed E-state index contributed by atoms with van der Waals surface area (Å²) in [4.78, 5) is 12.9. The van der Waals surface area contributed by atoms with Gasteiger partial charge in [-0.3, -0.25) is 4.98 Å². The lowest BCUT2D eigenvalue weighted by Gasteiger charge is -2.10. The van der Waals surface area contributed by atoms with Gasteiger partial charge in [0, 0.05) is 24.8 Å². The number of hydrogen-bond donors (Lipinski definition) is 2. The quantitative estimate of drug-likeness (QED) is 0.769. The molecule has 0 radical (unpaired) electrons. The summed E-state index contributed by atoms with van der Waals surface area (Å²) in [6.45, 7) is 0. The Kier molecular flexibility index (Phi) is 3.47. The minimum Gasteiger partial charge on any atom is -0.357 e. The smallest absolute Gasteiger partial charge is 0.224 e. The van der Waals surface area contributed by atoms with E-state index < -0.39 is 0 Å². The monoisotopic (exact) mass is 329 g/mol. The van der Waals surface area contributed by atoms with Gasteiger partial charge in [0.15, 0.2) is 0 Å². The first-order chi connectivity index (χ1) is 9.78. The van der Waals surface area contributed by atoms with Gasteiger partial charge in [-0.2, -0.15) is 4.98 Å². The third-order valence-corrected chi connectivity index (χ3v) is 3.43. The zero-order chi connectivity index (χ0) is 13.9. The zero-order valence-electron chi connectivity index (χ0n) is 10.8. The van der Waals surface area contributed by atoms with Gasteiger partial charge < -0.3 is 10.6 Å². The van der Waals surface area contributed by atoms with Gasteiger partial charge in [0.25, 0.3) is 0 Å². The van der Waals surface area contributed by atoms with Crippen LogP contribution in [0.5, 0.6) is 0 Å². The van der Waals surface area contributed by atoms with Crippen molar-refractivity contribution in [2.45, 2.75) is 0 Å². The van der Waals surface area contributed by atoms with Crippen LogP contribution < -0.4 is 10.6 Å². The normalized spacial score (nSPS) is 10.5. The van der Waals surface area contributed by atoms with E-state index in [1.54, 1.807) is 19.4 Å². The summed E-state index contributed by atoms with van der Waals surface area (Å²) < 4.78 is 0.796. The lowest BCUT2D eigenvalue weighted by atomic mass is 10.2. The fourth-order valence-electron chi connectivity index (χ4n) is 1.91. The van der Waals surface area contributed by atoms with Crippen molar-refractivity contribution in [2.75, 3.05) is 17.7 Å². The molecule has 5 nitrogen and oxygen atoms in total. The first-order valence-electron chi connectivity index (χ1n) is 6.09. The number of nitrogens with zero attached hydrogens (tertiary/aromatic N) is 3. The Bertz CT molecular complexity index is 754. The molecule has 100 valence electrons. The molecular formula is C14H12BrN5. The summed E-state index contributed by atoms with van der Waals surface area (Å²) in [5.41, 5.74) is 1.82. The van der Waals surface area contributed by atoms with Crippen LogP contribution in [0.25, 0.3) is 10.9 Å². The van der Waals surface area contributed by atoms with E-state index in [0.29, 0.717) is 11.8 Å². The summed E-state index contributed by atoms with van der Waals surface area (Å²) in [6.07, 6.45) is 3.49. The predicted octanol–water partition coefficient (Wildman–Crippen LogP) is 3.57. The summed E-state index contributed by atoms with van der Waals surface area (Å²) in [5.74, 6) is 1.26. The van der Waals surface area contributed by atoms with E-state index in [9.17, 15) is 0 Å². The second-order valence-corrected chi connectivity index (χ2v) is 5.00. The molecule has 6 heteroatoms. The van der Waals surface area contributed by atoms with Crippen molar-refractivity contribution in [3.05, 3.63) is 47.2 Å². The molecule has 20 heavy (non-hydrogen) atoms. The van der Waals surface area contributed by atoms with E-state index in [1.807, 2.05) is 30.3 Å². The molecule has 0 aliphatic carbocycles. The Morgan fingerprint density at radius 3 is 2.80 bits per heavy atom. The van der Waals surface area contributed by atoms with Crippen molar-refractivity contribution < 1.29 is 0 Å². The fourth-order valence-corrected chi connectivity index (χ4v) is 2.20. The topological polar surface area (TPSA) is 62.7 Å². The summed E-state index contributed by atoms with van der Waals surface area (Å²) >= 11 is 3.45. The molecule has 0 saturated carbocycles. The van der Waals surface area contributed by atoms with E-state index in [2.05, 4.69) is 41.5 Å². The number of benzene rings is 1. The molecular weight excluding hydrogens is 318 g/mol. The second kappa shape index (κ2) is 5.42. The summed E-state index contributed by atoms with van der Waals surface area (Å²) in [6, 6.07) is 9.94. The van der Waals surface area contributed by atoms with Crippen molar-refractivity contribution >= 4 is 44.3 Å². The molecule has 2 heterocycles. The van der Waals surface area contributed by atoms with E-state index in [-0.39, 0.29) is 0 Å². The van der Waals surface area contributed by atoms with Crippen LogP contribution in [-0.4, -0.2) is 22.0 Å². The van der Waals surface area contributed by atoms with Crippen LogP contribution in [0.4, 0.5) is 17.5 Å². The first-order valence-corrected chi connectivity index (χ1v) is 6.88. The fraction of sp³-hybridized carbons (Fsp3) is 0.0714. The average Bonchev–Trinajstić information content (AvgIpc) is 2.50. The predicted molar refractivity (Wildman–Crippen MR) is 84.3 cm³/mol. The van der Waals surface area contributed by atoms with Gasteiger partial charge >= 0.3 is 0 Å². The third-order valence-electron chi connectivity index (χ3n) is 2.85. The molecule has 0 aliphatic rings. The highest BCUT2D eigenvalue weighted by Gasteiger charge is 2.07. The molecule has 1 aromatic carbocycles. The van der Waals surface area contributed by atoms with Gasteiger partial charge in [-0.25, -0.2) is 4.98 Å². The number of hydrogen-bond acceptors (Lipinski definition) is 5. The maximum atomic E-state index is 4.41. The lowest BCUT2D eigenvalue weighted by Crippen LogP contribution is -2.01. The molecule has 2 N–H and O–H groups in total. The number of nitrogens with one attached hydrogen (secondary N) is 2. The molecule has 0 bridgehead atoms. The van der Waals surface area contributed by atoms with Crippen molar-refractivity contribution in [1.29, 1.82) is 0 Å². The minimum atomic E-state index is 0.559. The molecule has 0 spiro atoms. The standard InChI is InChI=1S/C14H12BrN5/c1-16-14-18-8-10(15)13(20-14)19-11-6-2-4-9-5-3-7-17-12(9)11/h2-8H,1H3,(H2,16,18,19,20). The van der Waals surface area contributed by atoms with Gasteiger partial charge in [-0.1, -0.05) is 18.2 Å². The third kappa shape index (κ3) is 2.42. The number of para-hydroxylation sites is 1.